The van der Waals surface area contributed by atoms with Crippen molar-refractivity contribution in [2.75, 3.05) is 0 Å². The Hall–Kier alpha value is -1.73. The molecule has 2 N–H and O–H groups in total. The number of hydrogen-bond acceptors (Lipinski definition) is 4. The minimum Gasteiger partial charge on any atom is -0.287 e. The maximum Gasteiger partial charge on any atom is 0.240 e. The Balaban J connectivity index is 2.68. The fourth-order valence-corrected chi connectivity index (χ4v) is 1.97. The highest BCUT2D eigenvalue weighted by Crippen LogP contribution is 2.17. The van der Waals surface area contributed by atoms with Gasteiger partial charge >= 0.3 is 0 Å². The summed E-state index contributed by atoms with van der Waals surface area (Å²) in [5.41, 5.74) is 0.435. The highest BCUT2D eigenvalue weighted by Gasteiger charge is 2.13. The van der Waals surface area contributed by atoms with E-state index < -0.39 is 10.0 Å². The molecule has 0 spiro atoms. The molecular weight excluding hydrogens is 216 g/mol. The van der Waals surface area contributed by atoms with Crippen LogP contribution in [0.4, 0.5) is 0 Å². The van der Waals surface area contributed by atoms with Gasteiger partial charge in [-0.15, -0.1) is 10.2 Å². The first-order valence-corrected chi connectivity index (χ1v) is 5.60. The minimum atomic E-state index is -3.74. The summed E-state index contributed by atoms with van der Waals surface area (Å²) in [7, 11) is -3.74. The zero-order chi connectivity index (χ0) is 10.9. The van der Waals surface area contributed by atoms with Crippen LogP contribution in [0.2, 0.25) is 0 Å². The number of nitrogens with two attached hydrogens (primary N) is 1. The predicted octanol–water partition coefficient (Wildman–Crippen LogP) is -0.0853. The summed E-state index contributed by atoms with van der Waals surface area (Å²) < 4.78 is 24.0. The highest BCUT2D eigenvalue weighted by molar-refractivity contribution is 7.89. The van der Waals surface area contributed by atoms with Crippen LogP contribution in [-0.4, -0.2) is 23.2 Å². The summed E-state index contributed by atoms with van der Waals surface area (Å²) in [5.74, 6) is 0. The summed E-state index contributed by atoms with van der Waals surface area (Å²) >= 11 is 0. The van der Waals surface area contributed by atoms with Crippen LogP contribution < -0.4 is 5.14 Å². The molecule has 1 aromatic carbocycles. The smallest absolute Gasteiger partial charge is 0.240 e. The number of nitrogens with zero attached hydrogens (tertiary/aromatic N) is 3. The summed E-state index contributed by atoms with van der Waals surface area (Å²) in [6.07, 6.45) is 2.81. The summed E-state index contributed by atoms with van der Waals surface area (Å²) in [6, 6.07) is 6.38. The molecule has 1 aromatic heterocycles. The van der Waals surface area contributed by atoms with E-state index in [2.05, 4.69) is 10.2 Å². The highest BCUT2D eigenvalue weighted by atomic mass is 32.2. The first kappa shape index (κ1) is 9.81. The van der Waals surface area contributed by atoms with Gasteiger partial charge in [0.15, 0.2) is 0 Å². The summed E-state index contributed by atoms with van der Waals surface area (Å²) in [4.78, 5) is 0.0461. The van der Waals surface area contributed by atoms with Crippen molar-refractivity contribution in [1.29, 1.82) is 0 Å². The Morgan fingerprint density at radius 2 is 1.73 bits per heavy atom. The zero-order valence-electron chi connectivity index (χ0n) is 7.61. The molecule has 0 radical (unpaired) electrons. The van der Waals surface area contributed by atoms with Crippen LogP contribution in [0, 0.1) is 0 Å². The number of aromatic nitrogens is 3. The molecule has 2 rings (SSSR count). The maximum atomic E-state index is 11.3. The molecule has 0 unspecified atom stereocenters. The molecule has 78 valence electrons. The second kappa shape index (κ2) is 3.44. The fourth-order valence-electron chi connectivity index (χ4n) is 1.24. The van der Waals surface area contributed by atoms with Gasteiger partial charge in [0.25, 0.3) is 0 Å². The van der Waals surface area contributed by atoms with Crippen LogP contribution in [-0.2, 0) is 10.0 Å². The Labute approximate surface area is 86.4 Å². The van der Waals surface area contributed by atoms with E-state index in [1.807, 2.05) is 0 Å². The number of benzene rings is 1. The van der Waals surface area contributed by atoms with Gasteiger partial charge in [-0.1, -0.05) is 12.1 Å². The van der Waals surface area contributed by atoms with Gasteiger partial charge < -0.3 is 0 Å². The van der Waals surface area contributed by atoms with Crippen LogP contribution in [0.1, 0.15) is 0 Å². The zero-order valence-corrected chi connectivity index (χ0v) is 8.42. The molecule has 0 aliphatic carbocycles. The van der Waals surface area contributed by atoms with Gasteiger partial charge in [-0.2, -0.15) is 0 Å². The molecule has 7 heteroatoms. The van der Waals surface area contributed by atoms with Gasteiger partial charge in [0.2, 0.25) is 10.0 Å². The lowest BCUT2D eigenvalue weighted by Crippen LogP contribution is -2.14. The van der Waals surface area contributed by atoms with Crippen LogP contribution in [0.15, 0.2) is 41.8 Å². The van der Waals surface area contributed by atoms with Crippen molar-refractivity contribution in [3.63, 3.8) is 0 Å². The van der Waals surface area contributed by atoms with Crippen molar-refractivity contribution in [2.24, 2.45) is 5.14 Å². The fraction of sp³-hybridized carbons (Fsp3) is 0. The van der Waals surface area contributed by atoms with Crippen LogP contribution >= 0.6 is 0 Å². The molecule has 0 saturated carbocycles. The van der Waals surface area contributed by atoms with E-state index in [1.54, 1.807) is 18.2 Å². The quantitative estimate of drug-likeness (QED) is 0.772. The standard InChI is InChI=1S/C8H8N4O2S/c9-15(13,14)8-4-2-1-3-7(8)12-5-10-11-6-12/h1-6H,(H2,9,13,14). The van der Waals surface area contributed by atoms with Crippen molar-refractivity contribution in [1.82, 2.24) is 14.8 Å². The van der Waals surface area contributed by atoms with Crippen LogP contribution in [0.5, 0.6) is 0 Å². The van der Waals surface area contributed by atoms with Crippen LogP contribution in [0.25, 0.3) is 5.69 Å². The third kappa shape index (κ3) is 1.88. The summed E-state index contributed by atoms with van der Waals surface area (Å²) in [6.45, 7) is 0. The van der Waals surface area contributed by atoms with Crippen molar-refractivity contribution in [3.05, 3.63) is 36.9 Å². The van der Waals surface area contributed by atoms with Gasteiger partial charge in [-0.05, 0) is 12.1 Å². The first-order valence-electron chi connectivity index (χ1n) is 4.06. The number of sulfonamides is 1. The van der Waals surface area contributed by atoms with Crippen molar-refractivity contribution in [3.8, 4) is 5.69 Å². The second-order valence-electron chi connectivity index (χ2n) is 2.88. The lowest BCUT2D eigenvalue weighted by atomic mass is 10.3. The number of primary sulfonamides is 1. The normalized spacial score (nSPS) is 11.5. The average molecular weight is 224 g/mol. The topological polar surface area (TPSA) is 90.9 Å². The van der Waals surface area contributed by atoms with Gasteiger partial charge in [0.05, 0.1) is 5.69 Å². The molecular formula is C8H8N4O2S. The van der Waals surface area contributed by atoms with Gasteiger partial charge in [-0.25, -0.2) is 13.6 Å². The van der Waals surface area contributed by atoms with E-state index in [-0.39, 0.29) is 4.90 Å². The minimum absolute atomic E-state index is 0.0461. The Kier molecular flexibility index (Phi) is 2.25. The van der Waals surface area contributed by atoms with Crippen LogP contribution in [0.3, 0.4) is 0 Å². The average Bonchev–Trinajstić information content (AvgIpc) is 2.69. The predicted molar refractivity (Wildman–Crippen MR) is 52.7 cm³/mol. The Bertz CT molecular complexity index is 562. The molecule has 0 aliphatic heterocycles. The number of rotatable bonds is 2. The molecule has 0 saturated heterocycles. The SMILES string of the molecule is NS(=O)(=O)c1ccccc1-n1cnnc1. The molecule has 0 atom stereocenters. The molecule has 0 aliphatic rings. The Morgan fingerprint density at radius 1 is 1.13 bits per heavy atom. The van der Waals surface area contributed by atoms with Gasteiger partial charge in [0, 0.05) is 0 Å². The van der Waals surface area contributed by atoms with Crippen molar-refractivity contribution in [2.45, 2.75) is 4.90 Å². The molecule has 2 aromatic rings. The van der Waals surface area contributed by atoms with E-state index in [9.17, 15) is 8.42 Å². The number of hydrogen-bond donors (Lipinski definition) is 1. The molecule has 15 heavy (non-hydrogen) atoms. The molecule has 1 heterocycles. The third-order valence-corrected chi connectivity index (χ3v) is 2.83. The maximum absolute atomic E-state index is 11.3. The van der Waals surface area contributed by atoms with Gasteiger partial charge in [-0.3, -0.25) is 4.57 Å². The van der Waals surface area contributed by atoms with E-state index >= 15 is 0 Å². The number of para-hydroxylation sites is 1. The summed E-state index contributed by atoms with van der Waals surface area (Å²) in [5, 5.41) is 12.3. The molecule has 0 amide bonds. The second-order valence-corrected chi connectivity index (χ2v) is 4.41. The molecule has 0 fully saturated rings. The molecule has 0 bridgehead atoms. The van der Waals surface area contributed by atoms with E-state index in [0.29, 0.717) is 5.69 Å². The molecule has 6 nitrogen and oxygen atoms in total. The Morgan fingerprint density at radius 3 is 2.33 bits per heavy atom. The lowest BCUT2D eigenvalue weighted by molar-refractivity contribution is 0.597. The monoisotopic (exact) mass is 224 g/mol. The van der Waals surface area contributed by atoms with Crippen molar-refractivity contribution < 1.29 is 8.42 Å². The van der Waals surface area contributed by atoms with E-state index in [0.717, 1.165) is 0 Å². The van der Waals surface area contributed by atoms with E-state index in [4.69, 9.17) is 5.14 Å². The largest absolute Gasteiger partial charge is 0.287 e. The third-order valence-electron chi connectivity index (χ3n) is 1.87. The first-order chi connectivity index (χ1) is 7.09. The van der Waals surface area contributed by atoms with E-state index in [1.165, 1.54) is 23.3 Å². The van der Waals surface area contributed by atoms with Crippen molar-refractivity contribution >= 4 is 10.0 Å². The van der Waals surface area contributed by atoms with Gasteiger partial charge in [0.1, 0.15) is 17.6 Å². The lowest BCUT2D eigenvalue weighted by Gasteiger charge is -2.06.